The molecule has 126 valence electrons. The fraction of sp³-hybridized carbons (Fsp3) is 0.105. The van der Waals surface area contributed by atoms with Crippen molar-refractivity contribution >= 4 is 5.91 Å². The summed E-state index contributed by atoms with van der Waals surface area (Å²) in [5.41, 5.74) is 1.29. The lowest BCUT2D eigenvalue weighted by molar-refractivity contribution is 0.0949. The zero-order chi connectivity index (χ0) is 17.6. The first-order chi connectivity index (χ1) is 12.1. The number of aromatic amines is 1. The van der Waals surface area contributed by atoms with Crippen LogP contribution in [0.1, 0.15) is 21.6 Å². The van der Waals surface area contributed by atoms with Crippen LogP contribution in [-0.2, 0) is 6.54 Å². The number of nitrogens with zero attached hydrogens (tertiary/aromatic N) is 1. The number of H-pyrrole nitrogens is 1. The monoisotopic (exact) mass is 335 g/mol. The number of pyridine rings is 2. The molecule has 2 heterocycles. The second-order valence-corrected chi connectivity index (χ2v) is 5.50. The van der Waals surface area contributed by atoms with Crippen molar-refractivity contribution in [3.8, 4) is 11.6 Å². The van der Waals surface area contributed by atoms with Crippen LogP contribution < -0.4 is 15.5 Å². The molecule has 25 heavy (non-hydrogen) atoms. The van der Waals surface area contributed by atoms with Crippen molar-refractivity contribution in [3.63, 3.8) is 0 Å². The summed E-state index contributed by atoms with van der Waals surface area (Å²) in [4.78, 5) is 31.0. The van der Waals surface area contributed by atoms with Gasteiger partial charge in [0.05, 0.1) is 0 Å². The summed E-state index contributed by atoms with van der Waals surface area (Å²) in [6.45, 7) is 2.03. The Morgan fingerprint density at radius 1 is 1.20 bits per heavy atom. The molecule has 0 fully saturated rings. The molecule has 0 bridgehead atoms. The second kappa shape index (κ2) is 7.44. The molecule has 0 radical (unpaired) electrons. The molecule has 0 spiro atoms. The Morgan fingerprint density at radius 2 is 2.00 bits per heavy atom. The van der Waals surface area contributed by atoms with E-state index in [0.717, 1.165) is 5.56 Å². The molecule has 1 amide bonds. The summed E-state index contributed by atoms with van der Waals surface area (Å²) >= 11 is 0. The minimum atomic E-state index is -0.425. The first-order valence-corrected chi connectivity index (χ1v) is 7.77. The van der Waals surface area contributed by atoms with E-state index in [-0.39, 0.29) is 17.5 Å². The molecule has 3 rings (SSSR count). The molecule has 3 aromatic rings. The van der Waals surface area contributed by atoms with Gasteiger partial charge in [-0.2, -0.15) is 0 Å². The Hall–Kier alpha value is -3.41. The van der Waals surface area contributed by atoms with E-state index in [4.69, 9.17) is 4.74 Å². The number of hydrogen-bond acceptors (Lipinski definition) is 4. The van der Waals surface area contributed by atoms with E-state index in [1.165, 1.54) is 12.3 Å². The van der Waals surface area contributed by atoms with Crippen LogP contribution in [0.25, 0.3) is 0 Å². The molecular formula is C19H17N3O3. The Bertz CT molecular complexity index is 919. The number of aryl methyl sites for hydroxylation is 1. The predicted octanol–water partition coefficient (Wildman–Crippen LogP) is 2.80. The summed E-state index contributed by atoms with van der Waals surface area (Å²) < 4.78 is 5.61. The summed E-state index contributed by atoms with van der Waals surface area (Å²) in [6, 6.07) is 14.3. The molecule has 1 aromatic carbocycles. The van der Waals surface area contributed by atoms with Crippen LogP contribution in [0.4, 0.5) is 0 Å². The fourth-order valence-corrected chi connectivity index (χ4v) is 2.21. The maximum Gasteiger partial charge on any atom is 0.257 e. The second-order valence-electron chi connectivity index (χ2n) is 5.50. The van der Waals surface area contributed by atoms with Crippen LogP contribution in [0.15, 0.2) is 65.7 Å². The van der Waals surface area contributed by atoms with E-state index in [1.807, 2.05) is 36.4 Å². The van der Waals surface area contributed by atoms with Crippen LogP contribution in [0.2, 0.25) is 0 Å². The van der Waals surface area contributed by atoms with Crippen LogP contribution in [0, 0.1) is 6.92 Å². The van der Waals surface area contributed by atoms with Crippen LogP contribution in [0.3, 0.4) is 0 Å². The highest BCUT2D eigenvalue weighted by molar-refractivity contribution is 5.93. The SMILES string of the molecule is Cc1cc(=O)c(C(=O)NCc2ccc(Oc3ccccc3)nc2)c[nH]1. The van der Waals surface area contributed by atoms with Gasteiger partial charge in [0.25, 0.3) is 5.91 Å². The number of amides is 1. The number of ether oxygens (including phenoxy) is 1. The van der Waals surface area contributed by atoms with Gasteiger partial charge in [0.15, 0.2) is 5.43 Å². The normalized spacial score (nSPS) is 10.3. The van der Waals surface area contributed by atoms with Gasteiger partial charge >= 0.3 is 0 Å². The maximum absolute atomic E-state index is 12.1. The molecule has 0 saturated carbocycles. The molecule has 0 atom stereocenters. The van der Waals surface area contributed by atoms with Gasteiger partial charge in [0.1, 0.15) is 11.3 Å². The molecule has 0 unspecified atom stereocenters. The van der Waals surface area contributed by atoms with Crippen LogP contribution in [-0.4, -0.2) is 15.9 Å². The minimum absolute atomic E-state index is 0.0857. The predicted molar refractivity (Wildman–Crippen MR) is 93.7 cm³/mol. The molecule has 0 aliphatic carbocycles. The van der Waals surface area contributed by atoms with Gasteiger partial charge in [-0.1, -0.05) is 24.3 Å². The summed E-state index contributed by atoms with van der Waals surface area (Å²) in [6.07, 6.45) is 3.04. The first-order valence-electron chi connectivity index (χ1n) is 7.77. The average Bonchev–Trinajstić information content (AvgIpc) is 2.62. The molecule has 0 aliphatic heterocycles. The van der Waals surface area contributed by atoms with Gasteiger partial charge in [-0.05, 0) is 24.6 Å². The molecular weight excluding hydrogens is 318 g/mol. The summed E-state index contributed by atoms with van der Waals surface area (Å²) in [5.74, 6) is 0.747. The maximum atomic E-state index is 12.1. The smallest absolute Gasteiger partial charge is 0.257 e. The number of aromatic nitrogens is 2. The van der Waals surface area contributed by atoms with Gasteiger partial charge in [-0.25, -0.2) is 4.98 Å². The average molecular weight is 335 g/mol. The Labute approximate surface area is 144 Å². The van der Waals surface area contributed by atoms with E-state index in [2.05, 4.69) is 15.3 Å². The zero-order valence-electron chi connectivity index (χ0n) is 13.7. The summed E-state index contributed by atoms with van der Waals surface area (Å²) in [7, 11) is 0. The highest BCUT2D eigenvalue weighted by Crippen LogP contribution is 2.18. The highest BCUT2D eigenvalue weighted by Gasteiger charge is 2.10. The topological polar surface area (TPSA) is 84.1 Å². The Kier molecular flexibility index (Phi) is 4.89. The van der Waals surface area contributed by atoms with Gasteiger partial charge in [0, 0.05) is 36.8 Å². The van der Waals surface area contributed by atoms with E-state index < -0.39 is 5.91 Å². The standard InChI is InChI=1S/C19H17N3O3/c1-13-9-17(23)16(12-20-13)19(24)22-11-14-7-8-18(21-10-14)25-15-5-3-2-4-6-15/h2-10,12H,11H2,1H3,(H,20,23)(H,22,24). The molecule has 6 heteroatoms. The van der Waals surface area contributed by atoms with E-state index in [0.29, 0.717) is 17.3 Å². The van der Waals surface area contributed by atoms with Gasteiger partial charge < -0.3 is 15.0 Å². The largest absolute Gasteiger partial charge is 0.439 e. The number of carbonyl (C=O) groups excluding carboxylic acids is 1. The zero-order valence-corrected chi connectivity index (χ0v) is 13.7. The Morgan fingerprint density at radius 3 is 2.68 bits per heavy atom. The van der Waals surface area contributed by atoms with Crippen molar-refractivity contribution in [1.82, 2.24) is 15.3 Å². The van der Waals surface area contributed by atoms with Crippen molar-refractivity contribution in [3.05, 3.63) is 88.0 Å². The summed E-state index contributed by atoms with van der Waals surface area (Å²) in [5, 5.41) is 2.70. The van der Waals surface area contributed by atoms with E-state index in [1.54, 1.807) is 19.2 Å². The highest BCUT2D eigenvalue weighted by atomic mass is 16.5. The number of para-hydroxylation sites is 1. The lowest BCUT2D eigenvalue weighted by Crippen LogP contribution is -2.28. The third kappa shape index (κ3) is 4.32. The number of hydrogen-bond donors (Lipinski definition) is 2. The van der Waals surface area contributed by atoms with Crippen molar-refractivity contribution in [2.24, 2.45) is 0 Å². The van der Waals surface area contributed by atoms with Gasteiger partial charge in [0.2, 0.25) is 5.88 Å². The van der Waals surface area contributed by atoms with E-state index in [9.17, 15) is 9.59 Å². The fourth-order valence-electron chi connectivity index (χ4n) is 2.21. The molecule has 2 N–H and O–H groups in total. The van der Waals surface area contributed by atoms with Crippen molar-refractivity contribution in [2.45, 2.75) is 13.5 Å². The Balaban J connectivity index is 1.60. The molecule has 2 aromatic heterocycles. The first kappa shape index (κ1) is 16.4. The lowest BCUT2D eigenvalue weighted by Gasteiger charge is -2.07. The van der Waals surface area contributed by atoms with E-state index >= 15 is 0 Å². The number of carbonyl (C=O) groups is 1. The van der Waals surface area contributed by atoms with Gasteiger partial charge in [-0.15, -0.1) is 0 Å². The number of rotatable bonds is 5. The lowest BCUT2D eigenvalue weighted by atomic mass is 10.2. The quantitative estimate of drug-likeness (QED) is 0.751. The van der Waals surface area contributed by atoms with Crippen molar-refractivity contribution < 1.29 is 9.53 Å². The third-order valence-electron chi connectivity index (χ3n) is 3.52. The molecule has 0 aliphatic rings. The number of benzene rings is 1. The van der Waals surface area contributed by atoms with Crippen molar-refractivity contribution in [1.29, 1.82) is 0 Å². The minimum Gasteiger partial charge on any atom is -0.439 e. The van der Waals surface area contributed by atoms with Crippen LogP contribution >= 0.6 is 0 Å². The third-order valence-corrected chi connectivity index (χ3v) is 3.52. The van der Waals surface area contributed by atoms with Crippen molar-refractivity contribution in [2.75, 3.05) is 0 Å². The number of nitrogens with one attached hydrogen (secondary N) is 2. The van der Waals surface area contributed by atoms with Gasteiger partial charge in [-0.3, -0.25) is 9.59 Å². The van der Waals surface area contributed by atoms with Crippen LogP contribution in [0.5, 0.6) is 11.6 Å². The molecule has 0 saturated heterocycles. The molecule has 6 nitrogen and oxygen atoms in total.